The number of hydrogen-bond acceptors (Lipinski definition) is 3. The number of urea groups is 1. The molecule has 0 saturated carbocycles. The highest BCUT2D eigenvalue weighted by Crippen LogP contribution is 2.36. The predicted octanol–water partition coefficient (Wildman–Crippen LogP) is 4.26. The number of nitrogens with one attached hydrogen (secondary N) is 1. The van der Waals surface area contributed by atoms with Gasteiger partial charge in [-0.05, 0) is 55.2 Å². The van der Waals surface area contributed by atoms with Gasteiger partial charge in [0, 0.05) is 6.54 Å². The Morgan fingerprint density at radius 1 is 1.16 bits per heavy atom. The largest absolute Gasteiger partial charge is 0.334 e. The van der Waals surface area contributed by atoms with E-state index in [4.69, 9.17) is 23.2 Å². The lowest BCUT2D eigenvalue weighted by Crippen LogP contribution is -2.44. The van der Waals surface area contributed by atoms with Crippen molar-refractivity contribution in [1.29, 1.82) is 0 Å². The van der Waals surface area contributed by atoms with Crippen LogP contribution in [-0.2, 0) is 15.1 Å². The smallest absolute Gasteiger partial charge is 0.325 e. The van der Waals surface area contributed by atoms with Gasteiger partial charge in [0.2, 0.25) is 5.91 Å². The van der Waals surface area contributed by atoms with Gasteiger partial charge in [-0.2, -0.15) is 0 Å². The van der Waals surface area contributed by atoms with Crippen LogP contribution in [0.1, 0.15) is 36.9 Å². The minimum atomic E-state index is -1.36. The molecule has 0 bridgehead atoms. The Balaban J connectivity index is 1.52. The van der Waals surface area contributed by atoms with Gasteiger partial charge in [-0.15, -0.1) is 0 Å². The zero-order valence-corrected chi connectivity index (χ0v) is 18.2. The van der Waals surface area contributed by atoms with Crippen molar-refractivity contribution in [3.05, 3.63) is 69.5 Å². The Morgan fingerprint density at radius 3 is 2.55 bits per heavy atom. The standard InChI is InChI=1S/C22H20Cl2FN3O3/c1-22(14-5-7-15(25)8-6-14)20(30)28(21(31)26-22)12-19(29)27-10-2-3-18(27)13-4-9-16(23)17(24)11-13/h4-9,11,18H,2-3,10,12H2,1H3,(H,26,31). The molecule has 2 aliphatic rings. The van der Waals surface area contributed by atoms with E-state index in [1.165, 1.54) is 24.3 Å². The lowest BCUT2D eigenvalue weighted by atomic mass is 9.92. The van der Waals surface area contributed by atoms with Crippen LogP contribution in [0.5, 0.6) is 0 Å². The zero-order valence-electron chi connectivity index (χ0n) is 16.7. The second-order valence-electron chi connectivity index (χ2n) is 7.87. The van der Waals surface area contributed by atoms with E-state index >= 15 is 0 Å². The maximum absolute atomic E-state index is 13.3. The fourth-order valence-corrected chi connectivity index (χ4v) is 4.48. The van der Waals surface area contributed by atoms with E-state index in [-0.39, 0.29) is 18.5 Å². The quantitative estimate of drug-likeness (QED) is 0.688. The first-order valence-corrected chi connectivity index (χ1v) is 10.6. The Kier molecular flexibility index (Phi) is 5.66. The molecule has 162 valence electrons. The summed E-state index contributed by atoms with van der Waals surface area (Å²) in [4.78, 5) is 41.2. The van der Waals surface area contributed by atoms with Crippen molar-refractivity contribution in [2.75, 3.05) is 13.1 Å². The Bertz CT molecular complexity index is 1060. The van der Waals surface area contributed by atoms with Gasteiger partial charge < -0.3 is 10.2 Å². The third-order valence-electron chi connectivity index (χ3n) is 5.89. The molecule has 2 heterocycles. The number of amides is 4. The van der Waals surface area contributed by atoms with Crippen LogP contribution in [0.25, 0.3) is 0 Å². The molecule has 6 nitrogen and oxygen atoms in total. The molecule has 2 atom stereocenters. The van der Waals surface area contributed by atoms with Crippen LogP contribution < -0.4 is 5.32 Å². The monoisotopic (exact) mass is 463 g/mol. The summed E-state index contributed by atoms with van der Waals surface area (Å²) in [6.07, 6.45) is 1.54. The van der Waals surface area contributed by atoms with Crippen molar-refractivity contribution in [3.8, 4) is 0 Å². The highest BCUT2D eigenvalue weighted by Gasteiger charge is 2.50. The lowest BCUT2D eigenvalue weighted by Gasteiger charge is -2.27. The van der Waals surface area contributed by atoms with Crippen LogP contribution in [-0.4, -0.2) is 40.7 Å². The Morgan fingerprint density at radius 2 is 1.87 bits per heavy atom. The molecule has 0 aromatic heterocycles. The molecule has 2 unspecified atom stereocenters. The summed E-state index contributed by atoms with van der Waals surface area (Å²) in [7, 11) is 0. The van der Waals surface area contributed by atoms with Gasteiger partial charge in [-0.3, -0.25) is 14.5 Å². The molecule has 2 fully saturated rings. The number of nitrogens with zero attached hydrogens (tertiary/aromatic N) is 2. The van der Waals surface area contributed by atoms with E-state index in [1.807, 2.05) is 6.07 Å². The van der Waals surface area contributed by atoms with Crippen LogP contribution in [0.15, 0.2) is 42.5 Å². The van der Waals surface area contributed by atoms with Crippen LogP contribution in [0.4, 0.5) is 9.18 Å². The molecule has 2 aromatic rings. The maximum atomic E-state index is 13.3. The SMILES string of the molecule is CC1(c2ccc(F)cc2)NC(=O)N(CC(=O)N2CCCC2c2ccc(Cl)c(Cl)c2)C1=O. The highest BCUT2D eigenvalue weighted by atomic mass is 35.5. The second-order valence-corrected chi connectivity index (χ2v) is 8.69. The number of likely N-dealkylation sites (tertiary alicyclic amines) is 1. The second kappa shape index (κ2) is 8.13. The first kappa shape index (κ1) is 21.6. The minimum absolute atomic E-state index is 0.202. The maximum Gasteiger partial charge on any atom is 0.325 e. The van der Waals surface area contributed by atoms with Crippen molar-refractivity contribution < 1.29 is 18.8 Å². The normalized spacial score (nSPS) is 23.4. The Labute approximate surface area is 188 Å². The number of carbonyl (C=O) groups is 3. The molecule has 9 heteroatoms. The van der Waals surface area contributed by atoms with Gasteiger partial charge in [0.1, 0.15) is 17.9 Å². The number of benzene rings is 2. The van der Waals surface area contributed by atoms with Crippen molar-refractivity contribution in [1.82, 2.24) is 15.1 Å². The van der Waals surface area contributed by atoms with Crippen LogP contribution in [0.2, 0.25) is 10.0 Å². The lowest BCUT2D eigenvalue weighted by molar-refractivity contribution is -0.139. The first-order chi connectivity index (χ1) is 14.7. The predicted molar refractivity (Wildman–Crippen MR) is 114 cm³/mol. The number of halogens is 3. The van der Waals surface area contributed by atoms with E-state index in [0.29, 0.717) is 22.2 Å². The van der Waals surface area contributed by atoms with Crippen molar-refractivity contribution >= 4 is 41.0 Å². The van der Waals surface area contributed by atoms with Crippen molar-refractivity contribution in [2.45, 2.75) is 31.3 Å². The summed E-state index contributed by atoms with van der Waals surface area (Å²) < 4.78 is 13.3. The van der Waals surface area contributed by atoms with Gasteiger partial charge in [-0.25, -0.2) is 9.18 Å². The average molecular weight is 464 g/mol. The third-order valence-corrected chi connectivity index (χ3v) is 6.63. The molecule has 4 rings (SSSR count). The highest BCUT2D eigenvalue weighted by molar-refractivity contribution is 6.42. The fourth-order valence-electron chi connectivity index (χ4n) is 4.18. The fraction of sp³-hybridized carbons (Fsp3) is 0.318. The first-order valence-electron chi connectivity index (χ1n) is 9.85. The van der Waals surface area contributed by atoms with Crippen LogP contribution in [0, 0.1) is 5.82 Å². The number of imide groups is 1. The summed E-state index contributed by atoms with van der Waals surface area (Å²) in [5.74, 6) is -1.33. The van der Waals surface area contributed by atoms with E-state index in [1.54, 1.807) is 24.0 Å². The van der Waals surface area contributed by atoms with Crippen LogP contribution >= 0.6 is 23.2 Å². The van der Waals surface area contributed by atoms with Gasteiger partial charge in [0.25, 0.3) is 5.91 Å². The zero-order chi connectivity index (χ0) is 22.3. The summed E-state index contributed by atoms with van der Waals surface area (Å²) in [6, 6.07) is 9.72. The number of carbonyl (C=O) groups excluding carboxylic acids is 3. The number of hydrogen-bond donors (Lipinski definition) is 1. The van der Waals surface area contributed by atoms with Gasteiger partial charge in [0.05, 0.1) is 16.1 Å². The van der Waals surface area contributed by atoms with Crippen molar-refractivity contribution in [3.63, 3.8) is 0 Å². The molecule has 4 amide bonds. The molecule has 31 heavy (non-hydrogen) atoms. The molecular weight excluding hydrogens is 444 g/mol. The topological polar surface area (TPSA) is 69.7 Å². The molecule has 1 N–H and O–H groups in total. The number of rotatable bonds is 4. The van der Waals surface area contributed by atoms with E-state index in [2.05, 4.69) is 5.32 Å². The van der Waals surface area contributed by atoms with Crippen LogP contribution in [0.3, 0.4) is 0 Å². The molecule has 2 aromatic carbocycles. The van der Waals surface area contributed by atoms with E-state index in [0.717, 1.165) is 23.3 Å². The summed E-state index contributed by atoms with van der Waals surface area (Å²) in [5.41, 5.74) is -0.0650. The molecule has 2 aliphatic heterocycles. The van der Waals surface area contributed by atoms with Gasteiger partial charge >= 0.3 is 6.03 Å². The summed E-state index contributed by atoms with van der Waals surface area (Å²) in [6.45, 7) is 1.68. The molecule has 0 aliphatic carbocycles. The van der Waals surface area contributed by atoms with Crippen molar-refractivity contribution in [2.24, 2.45) is 0 Å². The molecule has 2 saturated heterocycles. The molecule has 0 spiro atoms. The summed E-state index contributed by atoms with van der Waals surface area (Å²) >= 11 is 12.1. The molecular formula is C22H20Cl2FN3O3. The molecule has 0 radical (unpaired) electrons. The third kappa shape index (κ3) is 3.88. The van der Waals surface area contributed by atoms with Gasteiger partial charge in [0.15, 0.2) is 0 Å². The Hall–Kier alpha value is -2.64. The average Bonchev–Trinajstić information content (AvgIpc) is 3.30. The van der Waals surface area contributed by atoms with E-state index < -0.39 is 23.3 Å². The minimum Gasteiger partial charge on any atom is -0.334 e. The van der Waals surface area contributed by atoms with E-state index in [9.17, 15) is 18.8 Å². The van der Waals surface area contributed by atoms with Gasteiger partial charge in [-0.1, -0.05) is 41.4 Å². The summed E-state index contributed by atoms with van der Waals surface area (Å²) in [5, 5.41) is 3.47.